The van der Waals surface area contributed by atoms with E-state index >= 15 is 0 Å². The molecule has 14 heavy (non-hydrogen) atoms. The fraction of sp³-hybridized carbons (Fsp3) is 0.300. The highest BCUT2D eigenvalue weighted by atomic mass is 16.4. The number of carboxylic acids is 1. The van der Waals surface area contributed by atoms with Crippen LogP contribution in [0.15, 0.2) is 34.5 Å². The van der Waals surface area contributed by atoms with E-state index in [0.717, 1.165) is 11.1 Å². The van der Waals surface area contributed by atoms with Gasteiger partial charge in [0.1, 0.15) is 0 Å². The van der Waals surface area contributed by atoms with E-state index in [0.29, 0.717) is 0 Å². The molecular formula is C10H10N2O2. The van der Waals surface area contributed by atoms with Gasteiger partial charge in [0.05, 0.1) is 6.42 Å². The van der Waals surface area contributed by atoms with Crippen molar-refractivity contribution in [1.29, 1.82) is 0 Å². The zero-order valence-corrected chi connectivity index (χ0v) is 7.77. The average molecular weight is 190 g/mol. The molecule has 0 amide bonds. The van der Waals surface area contributed by atoms with E-state index in [2.05, 4.69) is 10.2 Å². The summed E-state index contributed by atoms with van der Waals surface area (Å²) in [7, 11) is 0. The Hall–Kier alpha value is -1.71. The topological polar surface area (TPSA) is 62.0 Å². The molecule has 0 unspecified atom stereocenters. The Labute approximate surface area is 81.3 Å². The molecule has 0 radical (unpaired) electrons. The fourth-order valence-corrected chi connectivity index (χ4v) is 1.34. The first-order valence-corrected chi connectivity index (χ1v) is 4.35. The molecule has 0 saturated carbocycles. The highest BCUT2D eigenvalue weighted by molar-refractivity contribution is 5.70. The van der Waals surface area contributed by atoms with Crippen LogP contribution in [0.25, 0.3) is 0 Å². The third-order valence-electron chi connectivity index (χ3n) is 2.23. The van der Waals surface area contributed by atoms with Gasteiger partial charge in [-0.1, -0.05) is 24.3 Å². The molecule has 0 saturated heterocycles. The fourth-order valence-electron chi connectivity index (χ4n) is 1.34. The van der Waals surface area contributed by atoms with Crippen molar-refractivity contribution >= 4 is 5.97 Å². The monoisotopic (exact) mass is 190 g/mol. The Morgan fingerprint density at radius 2 is 2.21 bits per heavy atom. The maximum atomic E-state index is 10.5. The molecule has 0 atom stereocenters. The van der Waals surface area contributed by atoms with Gasteiger partial charge in [-0.2, -0.15) is 10.2 Å². The van der Waals surface area contributed by atoms with Crippen LogP contribution in [-0.4, -0.2) is 11.1 Å². The third kappa shape index (κ3) is 1.64. The molecule has 4 nitrogen and oxygen atoms in total. The zero-order chi connectivity index (χ0) is 10.2. The Morgan fingerprint density at radius 3 is 2.79 bits per heavy atom. The molecule has 1 aromatic carbocycles. The summed E-state index contributed by atoms with van der Waals surface area (Å²) in [5, 5.41) is 16.4. The summed E-state index contributed by atoms with van der Waals surface area (Å²) in [4.78, 5) is 10.5. The number of carboxylic acid groups (broad SMARTS) is 1. The van der Waals surface area contributed by atoms with Crippen molar-refractivity contribution in [1.82, 2.24) is 0 Å². The van der Waals surface area contributed by atoms with Crippen molar-refractivity contribution in [2.45, 2.75) is 19.0 Å². The summed E-state index contributed by atoms with van der Waals surface area (Å²) >= 11 is 0. The molecule has 0 bridgehead atoms. The minimum Gasteiger partial charge on any atom is -0.481 e. The van der Waals surface area contributed by atoms with Crippen LogP contribution in [-0.2, 0) is 16.9 Å². The molecule has 2 rings (SSSR count). The Balaban J connectivity index is 2.23. The lowest BCUT2D eigenvalue weighted by Gasteiger charge is -2.05. The van der Waals surface area contributed by atoms with Gasteiger partial charge in [-0.15, -0.1) is 0 Å². The number of nitrogens with zero attached hydrogens (tertiary/aromatic N) is 2. The molecule has 4 heteroatoms. The first-order valence-electron chi connectivity index (χ1n) is 4.35. The molecule has 1 heterocycles. The van der Waals surface area contributed by atoms with Gasteiger partial charge in [0.2, 0.25) is 5.66 Å². The predicted octanol–water partition coefficient (Wildman–Crippen LogP) is 1.95. The summed E-state index contributed by atoms with van der Waals surface area (Å²) in [6.45, 7) is 1.90. The van der Waals surface area contributed by atoms with E-state index in [-0.39, 0.29) is 6.42 Å². The summed E-state index contributed by atoms with van der Waals surface area (Å²) in [5.74, 6) is -0.822. The highest BCUT2D eigenvalue weighted by Crippen LogP contribution is 2.38. The van der Waals surface area contributed by atoms with E-state index in [1.54, 1.807) is 6.07 Å². The number of hydrogen-bond acceptors (Lipinski definition) is 3. The largest absolute Gasteiger partial charge is 0.481 e. The average Bonchev–Trinajstić information content (AvgIpc) is 2.84. The molecule has 1 aliphatic heterocycles. The Kier molecular flexibility index (Phi) is 1.84. The van der Waals surface area contributed by atoms with Gasteiger partial charge in [-0.25, -0.2) is 0 Å². The van der Waals surface area contributed by atoms with E-state index < -0.39 is 11.6 Å². The van der Waals surface area contributed by atoms with Gasteiger partial charge < -0.3 is 5.11 Å². The molecule has 1 N–H and O–H groups in total. The Bertz CT molecular complexity index is 406. The normalized spacial score (nSPS) is 16.6. The molecule has 0 aliphatic carbocycles. The van der Waals surface area contributed by atoms with Crippen molar-refractivity contribution in [2.75, 3.05) is 0 Å². The highest BCUT2D eigenvalue weighted by Gasteiger charge is 2.35. The lowest BCUT2D eigenvalue weighted by atomic mass is 10.0. The molecule has 72 valence electrons. The van der Waals surface area contributed by atoms with Crippen molar-refractivity contribution < 1.29 is 9.90 Å². The van der Waals surface area contributed by atoms with Crippen LogP contribution in [0.1, 0.15) is 18.1 Å². The standard InChI is InChI=1S/C10H10N2O2/c1-10(11-12-10)8-4-2-3-7(5-8)6-9(13)14/h2-5H,6H2,1H3,(H,13,14). The van der Waals surface area contributed by atoms with Crippen LogP contribution in [0.3, 0.4) is 0 Å². The maximum absolute atomic E-state index is 10.5. The number of aliphatic carboxylic acids is 1. The van der Waals surface area contributed by atoms with Crippen LogP contribution in [0.4, 0.5) is 0 Å². The van der Waals surface area contributed by atoms with Crippen LogP contribution >= 0.6 is 0 Å². The lowest BCUT2D eigenvalue weighted by Crippen LogP contribution is -2.05. The lowest BCUT2D eigenvalue weighted by molar-refractivity contribution is -0.136. The molecule has 1 aromatic rings. The van der Waals surface area contributed by atoms with Crippen molar-refractivity contribution in [3.05, 3.63) is 35.4 Å². The van der Waals surface area contributed by atoms with E-state index in [9.17, 15) is 4.79 Å². The van der Waals surface area contributed by atoms with Gasteiger partial charge in [-0.05, 0) is 12.5 Å². The summed E-state index contributed by atoms with van der Waals surface area (Å²) in [5.41, 5.74) is 1.32. The second kappa shape index (κ2) is 2.90. The minimum atomic E-state index is -0.822. The van der Waals surface area contributed by atoms with E-state index in [1.165, 1.54) is 0 Å². The predicted molar refractivity (Wildman–Crippen MR) is 50.0 cm³/mol. The summed E-state index contributed by atoms with van der Waals surface area (Å²) in [6, 6.07) is 7.38. The Morgan fingerprint density at radius 1 is 1.50 bits per heavy atom. The van der Waals surface area contributed by atoms with Crippen molar-refractivity contribution in [2.24, 2.45) is 10.2 Å². The smallest absolute Gasteiger partial charge is 0.307 e. The quantitative estimate of drug-likeness (QED) is 0.791. The molecular weight excluding hydrogens is 180 g/mol. The maximum Gasteiger partial charge on any atom is 0.307 e. The second-order valence-electron chi connectivity index (χ2n) is 3.49. The molecule has 0 fully saturated rings. The van der Waals surface area contributed by atoms with Crippen LogP contribution < -0.4 is 0 Å². The molecule has 1 aliphatic rings. The SMILES string of the molecule is CC1(c2cccc(CC(=O)O)c2)N=N1. The van der Waals surface area contributed by atoms with Crippen molar-refractivity contribution in [3.63, 3.8) is 0 Å². The zero-order valence-electron chi connectivity index (χ0n) is 7.77. The number of rotatable bonds is 3. The van der Waals surface area contributed by atoms with Crippen LogP contribution in [0.2, 0.25) is 0 Å². The van der Waals surface area contributed by atoms with Gasteiger partial charge in [0.25, 0.3) is 0 Å². The van der Waals surface area contributed by atoms with Crippen LogP contribution in [0, 0.1) is 0 Å². The van der Waals surface area contributed by atoms with E-state index in [1.807, 2.05) is 25.1 Å². The van der Waals surface area contributed by atoms with Gasteiger partial charge >= 0.3 is 5.97 Å². The van der Waals surface area contributed by atoms with Crippen molar-refractivity contribution in [3.8, 4) is 0 Å². The number of hydrogen-bond donors (Lipinski definition) is 1. The van der Waals surface area contributed by atoms with Crippen LogP contribution in [0.5, 0.6) is 0 Å². The third-order valence-corrected chi connectivity index (χ3v) is 2.23. The molecule has 0 aromatic heterocycles. The van der Waals surface area contributed by atoms with Gasteiger partial charge in [0, 0.05) is 5.56 Å². The number of benzene rings is 1. The molecule has 0 spiro atoms. The first kappa shape index (κ1) is 8.87. The summed E-state index contributed by atoms with van der Waals surface area (Å²) in [6.07, 6.45) is 0.0456. The number of carbonyl (C=O) groups is 1. The second-order valence-corrected chi connectivity index (χ2v) is 3.49. The van der Waals surface area contributed by atoms with E-state index in [4.69, 9.17) is 5.11 Å². The first-order chi connectivity index (χ1) is 6.60. The van der Waals surface area contributed by atoms with Gasteiger partial charge in [-0.3, -0.25) is 4.79 Å². The summed E-state index contributed by atoms with van der Waals surface area (Å²) < 4.78 is 0. The van der Waals surface area contributed by atoms with Gasteiger partial charge in [0.15, 0.2) is 0 Å². The minimum absolute atomic E-state index is 0.0456.